The molecular weight excluding hydrogens is 316 g/mol. The van der Waals surface area contributed by atoms with Crippen molar-refractivity contribution >= 4 is 17.2 Å². The van der Waals surface area contributed by atoms with Crippen molar-refractivity contribution in [2.75, 3.05) is 6.79 Å². The second-order valence-corrected chi connectivity index (χ2v) is 5.86. The number of fused-ring (bicyclic) bond motifs is 1. The van der Waals surface area contributed by atoms with Crippen LogP contribution in [-0.2, 0) is 6.54 Å². The van der Waals surface area contributed by atoms with Crippen LogP contribution in [0.15, 0.2) is 43.1 Å². The molecule has 0 unspecified atom stereocenters. The average Bonchev–Trinajstić information content (AvgIpc) is 3.32. The van der Waals surface area contributed by atoms with Crippen LogP contribution in [-0.4, -0.2) is 27.2 Å². The highest BCUT2D eigenvalue weighted by molar-refractivity contribution is 7.16. The summed E-state index contributed by atoms with van der Waals surface area (Å²) in [6.45, 7) is 0.650. The molecule has 1 N–H and O–H groups in total. The fourth-order valence-corrected chi connectivity index (χ4v) is 2.97. The summed E-state index contributed by atoms with van der Waals surface area (Å²) in [5, 5.41) is 3.58. The average molecular weight is 328 g/mol. The quantitative estimate of drug-likeness (QED) is 0.792. The number of imidazole rings is 1. The first-order chi connectivity index (χ1) is 11.3. The number of aromatic nitrogens is 3. The van der Waals surface area contributed by atoms with Crippen molar-refractivity contribution in [2.24, 2.45) is 0 Å². The fourth-order valence-electron chi connectivity index (χ4n) is 2.18. The molecule has 3 aromatic rings. The van der Waals surface area contributed by atoms with Gasteiger partial charge in [0.25, 0.3) is 5.91 Å². The lowest BCUT2D eigenvalue weighted by molar-refractivity contribution is 0.0954. The zero-order valence-electron chi connectivity index (χ0n) is 11.9. The maximum atomic E-state index is 12.2. The summed E-state index contributed by atoms with van der Waals surface area (Å²) in [5.74, 6) is 1.27. The van der Waals surface area contributed by atoms with Crippen molar-refractivity contribution in [1.29, 1.82) is 0 Å². The molecule has 2 aromatic heterocycles. The van der Waals surface area contributed by atoms with E-state index >= 15 is 0 Å². The first-order valence-corrected chi connectivity index (χ1v) is 7.72. The Hall–Kier alpha value is -2.87. The van der Waals surface area contributed by atoms with Crippen molar-refractivity contribution < 1.29 is 14.3 Å². The van der Waals surface area contributed by atoms with E-state index in [0.717, 1.165) is 11.3 Å². The third-order valence-electron chi connectivity index (χ3n) is 3.33. The van der Waals surface area contributed by atoms with Gasteiger partial charge in [-0.3, -0.25) is 9.36 Å². The highest BCUT2D eigenvalue weighted by Crippen LogP contribution is 2.32. The monoisotopic (exact) mass is 328 g/mol. The number of amides is 1. The highest BCUT2D eigenvalue weighted by Gasteiger charge is 2.15. The number of nitrogens with one attached hydrogen (secondary N) is 1. The predicted octanol–water partition coefficient (Wildman–Crippen LogP) is 1.99. The number of carbonyl (C=O) groups excluding carboxylic acids is 1. The SMILES string of the molecule is O=C(NCc1ccc2c(c1)OCO2)c1cnc(-n2ccnc2)s1. The number of carbonyl (C=O) groups is 1. The number of ether oxygens (including phenoxy) is 2. The molecule has 4 rings (SSSR count). The van der Waals surface area contributed by atoms with Gasteiger partial charge < -0.3 is 14.8 Å². The maximum absolute atomic E-state index is 12.2. The van der Waals surface area contributed by atoms with Gasteiger partial charge in [-0.1, -0.05) is 17.4 Å². The van der Waals surface area contributed by atoms with Crippen molar-refractivity contribution in [3.8, 4) is 16.6 Å². The zero-order valence-corrected chi connectivity index (χ0v) is 12.7. The van der Waals surface area contributed by atoms with Crippen LogP contribution in [0.1, 0.15) is 15.2 Å². The zero-order chi connectivity index (χ0) is 15.6. The molecule has 0 fully saturated rings. The molecule has 0 saturated carbocycles. The Morgan fingerprint density at radius 2 is 2.26 bits per heavy atom. The molecule has 8 heteroatoms. The summed E-state index contributed by atoms with van der Waals surface area (Å²) in [7, 11) is 0. The molecule has 0 spiro atoms. The molecule has 0 saturated heterocycles. The van der Waals surface area contributed by atoms with Gasteiger partial charge in [0.05, 0.1) is 6.20 Å². The number of hydrogen-bond acceptors (Lipinski definition) is 6. The van der Waals surface area contributed by atoms with Crippen molar-refractivity contribution in [1.82, 2.24) is 19.9 Å². The minimum atomic E-state index is -0.161. The molecule has 3 heterocycles. The number of benzene rings is 1. The summed E-state index contributed by atoms with van der Waals surface area (Å²) in [5.41, 5.74) is 0.946. The number of nitrogens with zero attached hydrogens (tertiary/aromatic N) is 3. The van der Waals surface area contributed by atoms with Crippen LogP contribution >= 0.6 is 11.3 Å². The van der Waals surface area contributed by atoms with Gasteiger partial charge in [-0.15, -0.1) is 0 Å². The van der Waals surface area contributed by atoms with Gasteiger partial charge in [-0.2, -0.15) is 0 Å². The van der Waals surface area contributed by atoms with Crippen molar-refractivity contribution in [3.63, 3.8) is 0 Å². The van der Waals surface area contributed by atoms with Crippen LogP contribution in [0.3, 0.4) is 0 Å². The smallest absolute Gasteiger partial charge is 0.263 e. The molecule has 1 aliphatic rings. The number of rotatable bonds is 4. The van der Waals surface area contributed by atoms with E-state index in [1.807, 2.05) is 18.2 Å². The van der Waals surface area contributed by atoms with E-state index in [1.54, 1.807) is 29.5 Å². The third-order valence-corrected chi connectivity index (χ3v) is 4.34. The molecular formula is C15H12N4O3S. The Morgan fingerprint density at radius 3 is 3.13 bits per heavy atom. The van der Waals surface area contributed by atoms with E-state index in [1.165, 1.54) is 11.3 Å². The molecule has 0 radical (unpaired) electrons. The predicted molar refractivity (Wildman–Crippen MR) is 83.0 cm³/mol. The lowest BCUT2D eigenvalue weighted by atomic mass is 10.2. The number of thiazole rings is 1. The lowest BCUT2D eigenvalue weighted by Gasteiger charge is -2.04. The maximum Gasteiger partial charge on any atom is 0.263 e. The minimum Gasteiger partial charge on any atom is -0.454 e. The first-order valence-electron chi connectivity index (χ1n) is 6.90. The van der Waals surface area contributed by atoms with Gasteiger partial charge in [0, 0.05) is 18.9 Å². The largest absolute Gasteiger partial charge is 0.454 e. The molecule has 1 aliphatic heterocycles. The second kappa shape index (κ2) is 5.73. The minimum absolute atomic E-state index is 0.161. The standard InChI is InChI=1S/C15H12N4O3S/c20-14(13-7-18-15(23-13)19-4-3-16-8-19)17-6-10-1-2-11-12(5-10)22-9-21-11/h1-5,7-8H,6,9H2,(H,17,20). The Balaban J connectivity index is 1.42. The van der Waals surface area contributed by atoms with E-state index in [2.05, 4.69) is 15.3 Å². The molecule has 1 amide bonds. The van der Waals surface area contributed by atoms with Crippen LogP contribution < -0.4 is 14.8 Å². The van der Waals surface area contributed by atoms with E-state index in [9.17, 15) is 4.79 Å². The van der Waals surface area contributed by atoms with E-state index in [4.69, 9.17) is 9.47 Å². The summed E-state index contributed by atoms with van der Waals surface area (Å²) < 4.78 is 12.3. The fraction of sp³-hybridized carbons (Fsp3) is 0.133. The first kappa shape index (κ1) is 13.8. The van der Waals surface area contributed by atoms with E-state index in [0.29, 0.717) is 22.3 Å². The second-order valence-electron chi connectivity index (χ2n) is 4.85. The van der Waals surface area contributed by atoms with Gasteiger partial charge in [0.15, 0.2) is 16.6 Å². The van der Waals surface area contributed by atoms with Gasteiger partial charge in [-0.25, -0.2) is 9.97 Å². The topological polar surface area (TPSA) is 78.3 Å². The van der Waals surface area contributed by atoms with Gasteiger partial charge in [0.1, 0.15) is 11.2 Å². The molecule has 0 atom stereocenters. The molecule has 7 nitrogen and oxygen atoms in total. The van der Waals surface area contributed by atoms with Gasteiger partial charge >= 0.3 is 0 Å². The molecule has 0 bridgehead atoms. The number of hydrogen-bond donors (Lipinski definition) is 1. The Morgan fingerprint density at radius 1 is 1.35 bits per heavy atom. The van der Waals surface area contributed by atoms with E-state index in [-0.39, 0.29) is 12.7 Å². The normalized spacial score (nSPS) is 12.3. The Kier molecular flexibility index (Phi) is 3.43. The van der Waals surface area contributed by atoms with Crippen LogP contribution in [0, 0.1) is 0 Å². The van der Waals surface area contributed by atoms with Crippen molar-refractivity contribution in [2.45, 2.75) is 6.54 Å². The Labute approximate surface area is 135 Å². The Bertz CT molecular complexity index is 844. The van der Waals surface area contributed by atoms with Gasteiger partial charge in [-0.05, 0) is 17.7 Å². The van der Waals surface area contributed by atoms with E-state index < -0.39 is 0 Å². The summed E-state index contributed by atoms with van der Waals surface area (Å²) >= 11 is 1.31. The van der Waals surface area contributed by atoms with Crippen molar-refractivity contribution in [3.05, 3.63) is 53.6 Å². The van der Waals surface area contributed by atoms with Gasteiger partial charge in [0.2, 0.25) is 6.79 Å². The summed E-state index contributed by atoms with van der Waals surface area (Å²) in [4.78, 5) is 21.0. The van der Waals surface area contributed by atoms with Crippen LogP contribution in [0.25, 0.3) is 5.13 Å². The summed E-state index contributed by atoms with van der Waals surface area (Å²) in [6, 6.07) is 5.61. The highest BCUT2D eigenvalue weighted by atomic mass is 32.1. The molecule has 0 aliphatic carbocycles. The molecule has 116 valence electrons. The lowest BCUT2D eigenvalue weighted by Crippen LogP contribution is -2.21. The van der Waals surface area contributed by atoms with Crippen LogP contribution in [0.2, 0.25) is 0 Å². The molecule has 23 heavy (non-hydrogen) atoms. The third kappa shape index (κ3) is 2.76. The van der Waals surface area contributed by atoms with Crippen LogP contribution in [0.5, 0.6) is 11.5 Å². The summed E-state index contributed by atoms with van der Waals surface area (Å²) in [6.07, 6.45) is 6.66. The van der Waals surface area contributed by atoms with Crippen LogP contribution in [0.4, 0.5) is 0 Å². The molecule has 1 aromatic carbocycles.